The molecule has 1 aromatic rings. The fourth-order valence-electron chi connectivity index (χ4n) is 1.97. The van der Waals surface area contributed by atoms with Gasteiger partial charge in [-0.15, -0.1) is 6.58 Å². The van der Waals surface area contributed by atoms with E-state index in [2.05, 4.69) is 17.2 Å². The van der Waals surface area contributed by atoms with Crippen LogP contribution in [0.15, 0.2) is 36.9 Å². The van der Waals surface area contributed by atoms with E-state index in [0.29, 0.717) is 12.1 Å². The molecule has 0 saturated carbocycles. The maximum Gasteiger partial charge on any atom is 0.319 e. The molecule has 5 nitrogen and oxygen atoms in total. The van der Waals surface area contributed by atoms with Gasteiger partial charge in [-0.3, -0.25) is 4.79 Å². The number of amides is 2. The number of hydrogen-bond donors (Lipinski definition) is 3. The summed E-state index contributed by atoms with van der Waals surface area (Å²) in [6.07, 6.45) is 2.55. The largest absolute Gasteiger partial charge is 0.481 e. The van der Waals surface area contributed by atoms with Crippen LogP contribution in [-0.4, -0.2) is 23.1 Å². The van der Waals surface area contributed by atoms with Gasteiger partial charge in [0.25, 0.3) is 0 Å². The molecule has 0 aliphatic heterocycles. The van der Waals surface area contributed by atoms with Crippen molar-refractivity contribution in [3.63, 3.8) is 0 Å². The summed E-state index contributed by atoms with van der Waals surface area (Å²) in [4.78, 5) is 22.4. The second-order valence-corrected chi connectivity index (χ2v) is 5.14. The van der Waals surface area contributed by atoms with Crippen molar-refractivity contribution in [3.05, 3.63) is 42.5 Å². The Hall–Kier alpha value is -2.30. The minimum atomic E-state index is -0.819. The van der Waals surface area contributed by atoms with Crippen LogP contribution in [0.3, 0.4) is 0 Å². The van der Waals surface area contributed by atoms with Gasteiger partial charge in [0.1, 0.15) is 0 Å². The van der Waals surface area contributed by atoms with E-state index in [4.69, 9.17) is 5.11 Å². The third kappa shape index (κ3) is 6.12. The fourth-order valence-corrected chi connectivity index (χ4v) is 1.97. The van der Waals surface area contributed by atoms with Crippen molar-refractivity contribution in [2.24, 2.45) is 0 Å². The summed E-state index contributed by atoms with van der Waals surface area (Å²) < 4.78 is 0. The smallest absolute Gasteiger partial charge is 0.319 e. The number of rotatable bonds is 7. The molecule has 2 unspecified atom stereocenters. The van der Waals surface area contributed by atoms with Crippen molar-refractivity contribution in [3.8, 4) is 0 Å². The van der Waals surface area contributed by atoms with Crippen molar-refractivity contribution in [1.82, 2.24) is 5.32 Å². The van der Waals surface area contributed by atoms with E-state index in [1.165, 1.54) is 0 Å². The number of nitrogens with one attached hydrogen (secondary N) is 2. The number of carboxylic acids is 1. The fraction of sp³-hybridized carbons (Fsp3) is 0.375. The molecule has 21 heavy (non-hydrogen) atoms. The van der Waals surface area contributed by atoms with Crippen LogP contribution in [0.25, 0.3) is 0 Å². The number of carboxylic acid groups (broad SMARTS) is 1. The van der Waals surface area contributed by atoms with Crippen LogP contribution in [-0.2, 0) is 4.79 Å². The first-order chi connectivity index (χ1) is 9.92. The molecule has 2 amide bonds. The normalized spacial score (nSPS) is 13.0. The molecule has 5 heteroatoms. The van der Waals surface area contributed by atoms with E-state index < -0.39 is 5.97 Å². The average molecular weight is 290 g/mol. The van der Waals surface area contributed by atoms with Crippen molar-refractivity contribution in [2.75, 3.05) is 5.32 Å². The van der Waals surface area contributed by atoms with Crippen LogP contribution in [0.4, 0.5) is 10.5 Å². The molecule has 0 aliphatic carbocycles. The lowest BCUT2D eigenvalue weighted by molar-refractivity contribution is -0.137. The maximum atomic E-state index is 11.7. The monoisotopic (exact) mass is 290 g/mol. The number of carbonyl (C=O) groups excluding carboxylic acids is 1. The number of aliphatic carboxylic acids is 1. The standard InChI is InChI=1S/C16H22N2O3/c1-4-5-12(3)17-16(21)18-14-8-6-13(7-9-14)11(2)10-15(19)20/h4,6-9,11-12H,1,5,10H2,2-3H3,(H,19,20)(H2,17,18,21). The van der Waals surface area contributed by atoms with Crippen LogP contribution in [0.5, 0.6) is 0 Å². The average Bonchev–Trinajstić information content (AvgIpc) is 2.38. The first kappa shape index (κ1) is 16.8. The van der Waals surface area contributed by atoms with Gasteiger partial charge in [-0.05, 0) is 37.0 Å². The van der Waals surface area contributed by atoms with E-state index in [0.717, 1.165) is 5.56 Å². The first-order valence-electron chi connectivity index (χ1n) is 6.92. The lowest BCUT2D eigenvalue weighted by atomic mass is 9.98. The summed E-state index contributed by atoms with van der Waals surface area (Å²) in [5.41, 5.74) is 1.60. The molecule has 0 saturated heterocycles. The van der Waals surface area contributed by atoms with Gasteiger partial charge in [0.2, 0.25) is 0 Å². The van der Waals surface area contributed by atoms with E-state index in [1.54, 1.807) is 18.2 Å². The van der Waals surface area contributed by atoms with Gasteiger partial charge in [-0.25, -0.2) is 4.79 Å². The Bertz CT molecular complexity index is 497. The number of benzene rings is 1. The Morgan fingerprint density at radius 3 is 2.43 bits per heavy atom. The predicted octanol–water partition coefficient (Wildman–Crippen LogP) is 3.35. The quantitative estimate of drug-likeness (QED) is 0.674. The zero-order chi connectivity index (χ0) is 15.8. The van der Waals surface area contributed by atoms with Crippen LogP contribution < -0.4 is 10.6 Å². The molecule has 114 valence electrons. The summed E-state index contributed by atoms with van der Waals surface area (Å²) >= 11 is 0. The maximum absolute atomic E-state index is 11.7. The molecule has 0 bridgehead atoms. The second kappa shape index (κ2) is 8.09. The zero-order valence-electron chi connectivity index (χ0n) is 12.4. The van der Waals surface area contributed by atoms with Crippen LogP contribution in [0.1, 0.15) is 38.2 Å². The van der Waals surface area contributed by atoms with E-state index in [1.807, 2.05) is 26.0 Å². The number of anilines is 1. The summed E-state index contributed by atoms with van der Waals surface area (Å²) in [5, 5.41) is 14.3. The minimum absolute atomic E-state index is 0.0253. The molecule has 0 heterocycles. The molecule has 1 rings (SSSR count). The highest BCUT2D eigenvalue weighted by Gasteiger charge is 2.10. The lowest BCUT2D eigenvalue weighted by Gasteiger charge is -2.14. The Balaban J connectivity index is 2.56. The van der Waals surface area contributed by atoms with Gasteiger partial charge in [-0.2, -0.15) is 0 Å². The highest BCUT2D eigenvalue weighted by molar-refractivity contribution is 5.89. The molecular weight excluding hydrogens is 268 g/mol. The Labute approximate surface area is 125 Å². The predicted molar refractivity (Wildman–Crippen MR) is 83.5 cm³/mol. The van der Waals surface area contributed by atoms with Crippen molar-refractivity contribution in [1.29, 1.82) is 0 Å². The zero-order valence-corrected chi connectivity index (χ0v) is 12.4. The third-order valence-corrected chi connectivity index (χ3v) is 3.12. The topological polar surface area (TPSA) is 78.4 Å². The number of urea groups is 1. The summed E-state index contributed by atoms with van der Waals surface area (Å²) in [5.74, 6) is -0.877. The Kier molecular flexibility index (Phi) is 6.46. The number of carbonyl (C=O) groups is 2. The molecule has 0 radical (unpaired) electrons. The molecule has 3 N–H and O–H groups in total. The summed E-state index contributed by atoms with van der Waals surface area (Å²) in [6.45, 7) is 7.39. The lowest BCUT2D eigenvalue weighted by Crippen LogP contribution is -2.35. The van der Waals surface area contributed by atoms with Gasteiger partial charge in [0, 0.05) is 11.7 Å². The SMILES string of the molecule is C=CCC(C)NC(=O)Nc1ccc(C(C)CC(=O)O)cc1. The molecule has 0 aromatic heterocycles. The first-order valence-corrected chi connectivity index (χ1v) is 6.92. The van der Waals surface area contributed by atoms with Crippen LogP contribution in [0, 0.1) is 0 Å². The Morgan fingerprint density at radius 1 is 1.29 bits per heavy atom. The summed E-state index contributed by atoms with van der Waals surface area (Å²) in [6, 6.07) is 6.96. The van der Waals surface area contributed by atoms with Crippen LogP contribution >= 0.6 is 0 Å². The number of hydrogen-bond acceptors (Lipinski definition) is 2. The highest BCUT2D eigenvalue weighted by atomic mass is 16.4. The van der Waals surface area contributed by atoms with Crippen LogP contribution in [0.2, 0.25) is 0 Å². The highest BCUT2D eigenvalue weighted by Crippen LogP contribution is 2.20. The van der Waals surface area contributed by atoms with E-state index in [9.17, 15) is 9.59 Å². The van der Waals surface area contributed by atoms with Gasteiger partial charge in [0.05, 0.1) is 6.42 Å². The molecule has 0 spiro atoms. The second-order valence-electron chi connectivity index (χ2n) is 5.14. The van der Waals surface area contributed by atoms with Crippen molar-refractivity contribution < 1.29 is 14.7 Å². The summed E-state index contributed by atoms with van der Waals surface area (Å²) in [7, 11) is 0. The molecule has 2 atom stereocenters. The molecular formula is C16H22N2O3. The van der Waals surface area contributed by atoms with E-state index >= 15 is 0 Å². The molecule has 0 fully saturated rings. The van der Waals surface area contributed by atoms with Gasteiger partial charge in [-0.1, -0.05) is 25.1 Å². The van der Waals surface area contributed by atoms with E-state index in [-0.39, 0.29) is 24.4 Å². The molecule has 1 aromatic carbocycles. The minimum Gasteiger partial charge on any atom is -0.481 e. The van der Waals surface area contributed by atoms with Gasteiger partial charge < -0.3 is 15.7 Å². The van der Waals surface area contributed by atoms with Crippen molar-refractivity contribution >= 4 is 17.7 Å². The molecule has 0 aliphatic rings. The van der Waals surface area contributed by atoms with Crippen molar-refractivity contribution in [2.45, 2.75) is 38.6 Å². The van der Waals surface area contributed by atoms with Gasteiger partial charge in [0.15, 0.2) is 0 Å². The third-order valence-electron chi connectivity index (χ3n) is 3.12. The Morgan fingerprint density at radius 2 is 1.90 bits per heavy atom. The van der Waals surface area contributed by atoms with Gasteiger partial charge >= 0.3 is 12.0 Å².